The highest BCUT2D eigenvalue weighted by Gasteiger charge is 2.09. The van der Waals surface area contributed by atoms with E-state index in [1.807, 2.05) is 13.8 Å². The van der Waals surface area contributed by atoms with E-state index in [0.29, 0.717) is 6.54 Å². The summed E-state index contributed by atoms with van der Waals surface area (Å²) in [6.07, 6.45) is 2.32. The van der Waals surface area contributed by atoms with Crippen molar-refractivity contribution in [2.24, 2.45) is 0 Å². The quantitative estimate of drug-likeness (QED) is 0.485. The summed E-state index contributed by atoms with van der Waals surface area (Å²) in [5.74, 6) is -0.508. The van der Waals surface area contributed by atoms with Crippen LogP contribution >= 0.6 is 0 Å². The van der Waals surface area contributed by atoms with Gasteiger partial charge in [0.2, 0.25) is 11.8 Å². The molecule has 0 bridgehead atoms. The molecular formula is C10H18N2O2. The van der Waals surface area contributed by atoms with Crippen LogP contribution < -0.4 is 10.6 Å². The normalized spacial score (nSPS) is 11.6. The van der Waals surface area contributed by atoms with E-state index in [9.17, 15) is 9.59 Å². The first-order valence-corrected chi connectivity index (χ1v) is 4.77. The Morgan fingerprint density at radius 1 is 1.43 bits per heavy atom. The lowest BCUT2D eigenvalue weighted by Gasteiger charge is -2.10. The monoisotopic (exact) mass is 198 g/mol. The van der Waals surface area contributed by atoms with E-state index < -0.39 is 0 Å². The second-order valence-corrected chi connectivity index (χ2v) is 3.15. The Kier molecular flexibility index (Phi) is 6.45. The van der Waals surface area contributed by atoms with Crippen LogP contribution in [0.25, 0.3) is 0 Å². The van der Waals surface area contributed by atoms with Gasteiger partial charge in [0, 0.05) is 12.6 Å². The summed E-state index contributed by atoms with van der Waals surface area (Å²) in [4.78, 5) is 22.3. The standard InChI is InChI=1S/C10H18N2O2/c1-4-6-11-9(13)7-10(14)12-8(3)5-2/h4,8H,1,5-7H2,2-3H3,(H,11,13)(H,12,14). The number of nitrogens with one attached hydrogen (secondary N) is 2. The first-order chi connectivity index (χ1) is 6.60. The molecule has 1 unspecified atom stereocenters. The van der Waals surface area contributed by atoms with Crippen molar-refractivity contribution in [3.05, 3.63) is 12.7 Å². The van der Waals surface area contributed by atoms with Crippen molar-refractivity contribution in [2.45, 2.75) is 32.7 Å². The Bertz CT molecular complexity index is 214. The van der Waals surface area contributed by atoms with Crippen molar-refractivity contribution in [3.8, 4) is 0 Å². The molecule has 0 radical (unpaired) electrons. The molecule has 0 saturated heterocycles. The molecule has 0 aliphatic heterocycles. The highest BCUT2D eigenvalue weighted by Crippen LogP contribution is 1.89. The number of carbonyl (C=O) groups is 2. The Hall–Kier alpha value is -1.32. The Morgan fingerprint density at radius 2 is 2.07 bits per heavy atom. The van der Waals surface area contributed by atoms with Crippen LogP contribution in [0, 0.1) is 0 Å². The van der Waals surface area contributed by atoms with Crippen LogP contribution in [-0.2, 0) is 9.59 Å². The Morgan fingerprint density at radius 3 is 2.57 bits per heavy atom. The van der Waals surface area contributed by atoms with Crippen molar-refractivity contribution in [2.75, 3.05) is 6.54 Å². The van der Waals surface area contributed by atoms with Gasteiger partial charge < -0.3 is 10.6 Å². The van der Waals surface area contributed by atoms with E-state index in [2.05, 4.69) is 17.2 Å². The molecular weight excluding hydrogens is 180 g/mol. The fourth-order valence-electron chi connectivity index (χ4n) is 0.822. The summed E-state index contributed by atoms with van der Waals surface area (Å²) in [6, 6.07) is 0.120. The maximum Gasteiger partial charge on any atom is 0.229 e. The van der Waals surface area contributed by atoms with Gasteiger partial charge in [-0.05, 0) is 13.3 Å². The van der Waals surface area contributed by atoms with Gasteiger partial charge in [0.25, 0.3) is 0 Å². The Labute approximate surface area is 84.8 Å². The predicted octanol–water partition coefficient (Wildman–Crippen LogP) is 0.593. The summed E-state index contributed by atoms with van der Waals surface area (Å²) in [5.41, 5.74) is 0. The van der Waals surface area contributed by atoms with Gasteiger partial charge in [-0.15, -0.1) is 6.58 Å². The van der Waals surface area contributed by atoms with E-state index >= 15 is 0 Å². The lowest BCUT2D eigenvalue weighted by atomic mass is 10.2. The van der Waals surface area contributed by atoms with Crippen LogP contribution in [0.3, 0.4) is 0 Å². The molecule has 0 aliphatic rings. The molecule has 80 valence electrons. The average Bonchev–Trinajstić information content (AvgIpc) is 2.14. The van der Waals surface area contributed by atoms with Crippen LogP contribution in [0.5, 0.6) is 0 Å². The molecule has 0 aromatic heterocycles. The molecule has 0 rings (SSSR count). The van der Waals surface area contributed by atoms with E-state index in [0.717, 1.165) is 6.42 Å². The van der Waals surface area contributed by atoms with Crippen LogP contribution in [-0.4, -0.2) is 24.4 Å². The van der Waals surface area contributed by atoms with Crippen molar-refractivity contribution in [1.29, 1.82) is 0 Å². The average molecular weight is 198 g/mol. The second kappa shape index (κ2) is 7.12. The van der Waals surface area contributed by atoms with Crippen molar-refractivity contribution < 1.29 is 9.59 Å². The number of amides is 2. The van der Waals surface area contributed by atoms with E-state index in [4.69, 9.17) is 0 Å². The molecule has 0 heterocycles. The smallest absolute Gasteiger partial charge is 0.229 e. The van der Waals surface area contributed by atoms with Crippen molar-refractivity contribution in [1.82, 2.24) is 10.6 Å². The number of hydrogen-bond donors (Lipinski definition) is 2. The summed E-state index contributed by atoms with van der Waals surface area (Å²) in [6.45, 7) is 7.73. The van der Waals surface area contributed by atoms with E-state index in [1.165, 1.54) is 0 Å². The van der Waals surface area contributed by atoms with Crippen LogP contribution in [0.4, 0.5) is 0 Å². The lowest BCUT2D eigenvalue weighted by molar-refractivity contribution is -0.129. The zero-order valence-electron chi connectivity index (χ0n) is 8.80. The van der Waals surface area contributed by atoms with Crippen molar-refractivity contribution >= 4 is 11.8 Å². The van der Waals surface area contributed by atoms with Gasteiger partial charge in [-0.1, -0.05) is 13.0 Å². The molecule has 1 atom stereocenters. The minimum Gasteiger partial charge on any atom is -0.353 e. The highest BCUT2D eigenvalue weighted by atomic mass is 16.2. The second-order valence-electron chi connectivity index (χ2n) is 3.15. The molecule has 0 fully saturated rings. The number of carbonyl (C=O) groups excluding carboxylic acids is 2. The summed E-state index contributed by atoms with van der Waals surface area (Å²) in [7, 11) is 0. The predicted molar refractivity (Wildman–Crippen MR) is 55.7 cm³/mol. The zero-order valence-corrected chi connectivity index (χ0v) is 8.80. The first-order valence-electron chi connectivity index (χ1n) is 4.77. The van der Waals surface area contributed by atoms with Gasteiger partial charge in [-0.2, -0.15) is 0 Å². The van der Waals surface area contributed by atoms with Gasteiger partial charge in [0.1, 0.15) is 6.42 Å². The van der Waals surface area contributed by atoms with Crippen LogP contribution in [0.1, 0.15) is 26.7 Å². The van der Waals surface area contributed by atoms with Gasteiger partial charge in [0.15, 0.2) is 0 Å². The molecule has 4 heteroatoms. The van der Waals surface area contributed by atoms with E-state index in [1.54, 1.807) is 6.08 Å². The number of rotatable bonds is 6. The molecule has 0 aromatic carbocycles. The highest BCUT2D eigenvalue weighted by molar-refractivity contribution is 5.96. The molecule has 2 N–H and O–H groups in total. The van der Waals surface area contributed by atoms with Gasteiger partial charge in [-0.3, -0.25) is 9.59 Å². The topological polar surface area (TPSA) is 58.2 Å². The minimum absolute atomic E-state index is 0.113. The zero-order chi connectivity index (χ0) is 11.0. The van der Waals surface area contributed by atoms with Crippen molar-refractivity contribution in [3.63, 3.8) is 0 Å². The molecule has 4 nitrogen and oxygen atoms in total. The van der Waals surface area contributed by atoms with E-state index in [-0.39, 0.29) is 24.3 Å². The molecule has 0 spiro atoms. The Balaban J connectivity index is 3.71. The van der Waals surface area contributed by atoms with Gasteiger partial charge >= 0.3 is 0 Å². The SMILES string of the molecule is C=CCNC(=O)CC(=O)NC(C)CC. The molecule has 14 heavy (non-hydrogen) atoms. The summed E-state index contributed by atoms with van der Waals surface area (Å²) < 4.78 is 0. The molecule has 0 aromatic rings. The third-order valence-electron chi connectivity index (χ3n) is 1.78. The lowest BCUT2D eigenvalue weighted by Crippen LogP contribution is -2.36. The number of hydrogen-bond acceptors (Lipinski definition) is 2. The van der Waals surface area contributed by atoms with Crippen LogP contribution in [0.2, 0.25) is 0 Å². The molecule has 0 saturated carbocycles. The first kappa shape index (κ1) is 12.7. The molecule has 2 amide bonds. The summed E-state index contributed by atoms with van der Waals surface area (Å²) >= 11 is 0. The van der Waals surface area contributed by atoms with Crippen LogP contribution in [0.15, 0.2) is 12.7 Å². The fraction of sp³-hybridized carbons (Fsp3) is 0.600. The molecule has 0 aliphatic carbocycles. The summed E-state index contributed by atoms with van der Waals surface area (Å²) in [5, 5.41) is 5.25. The van der Waals surface area contributed by atoms with Gasteiger partial charge in [-0.25, -0.2) is 0 Å². The fourth-order valence-corrected chi connectivity index (χ4v) is 0.822. The maximum atomic E-state index is 11.2. The third kappa shape index (κ3) is 6.22. The third-order valence-corrected chi connectivity index (χ3v) is 1.78. The minimum atomic E-state index is -0.272. The van der Waals surface area contributed by atoms with Gasteiger partial charge in [0.05, 0.1) is 0 Å². The maximum absolute atomic E-state index is 11.2. The largest absolute Gasteiger partial charge is 0.353 e.